The number of nitrogens with zero attached hydrogens (tertiary/aromatic N) is 1. The number of piperidine rings is 1. The molecule has 0 radical (unpaired) electrons. The molecule has 2 aromatic carbocycles. The van der Waals surface area contributed by atoms with Crippen LogP contribution < -0.4 is 10.1 Å². The van der Waals surface area contributed by atoms with Gasteiger partial charge >= 0.3 is 0 Å². The summed E-state index contributed by atoms with van der Waals surface area (Å²) in [7, 11) is 1.52. The molecular weight excluding hydrogens is 435 g/mol. The van der Waals surface area contributed by atoms with Crippen molar-refractivity contribution in [2.75, 3.05) is 19.0 Å². The number of amides is 2. The van der Waals surface area contributed by atoms with Gasteiger partial charge in [-0.2, -0.15) is 0 Å². The van der Waals surface area contributed by atoms with Crippen LogP contribution in [0.3, 0.4) is 0 Å². The number of likely N-dealkylation sites (tertiary alicyclic amines) is 1. The number of fused-ring (bicyclic) bond motifs is 1. The Morgan fingerprint density at radius 2 is 1.81 bits per heavy atom. The summed E-state index contributed by atoms with van der Waals surface area (Å²) in [6.07, 6.45) is 7.03. The van der Waals surface area contributed by atoms with Gasteiger partial charge < -0.3 is 15.0 Å². The minimum Gasteiger partial charge on any atom is -0.495 e. The van der Waals surface area contributed by atoms with Crippen molar-refractivity contribution in [1.82, 2.24) is 4.90 Å². The zero-order valence-electron chi connectivity index (χ0n) is 17.5. The Kier molecular flexibility index (Phi) is 6.73. The highest BCUT2D eigenvalue weighted by Gasteiger charge is 2.36. The van der Waals surface area contributed by atoms with Crippen molar-refractivity contribution >= 4 is 40.7 Å². The van der Waals surface area contributed by atoms with Gasteiger partial charge in [0.1, 0.15) is 5.75 Å². The second kappa shape index (κ2) is 9.49. The summed E-state index contributed by atoms with van der Waals surface area (Å²) in [5.74, 6) is 0.714. The molecule has 1 saturated carbocycles. The molecule has 0 spiro atoms. The van der Waals surface area contributed by atoms with E-state index in [2.05, 4.69) is 5.32 Å². The second-order valence-corrected chi connectivity index (χ2v) is 9.09. The molecule has 4 rings (SSSR count). The topological polar surface area (TPSA) is 58.6 Å². The van der Waals surface area contributed by atoms with Gasteiger partial charge in [0, 0.05) is 23.2 Å². The van der Waals surface area contributed by atoms with Crippen molar-refractivity contribution in [2.24, 2.45) is 5.92 Å². The Bertz CT molecular complexity index is 993. The molecule has 1 aliphatic carbocycles. The van der Waals surface area contributed by atoms with E-state index in [4.69, 9.17) is 27.9 Å². The number of carbonyl (C=O) groups excluding carboxylic acids is 2. The number of rotatable bonds is 4. The second-order valence-electron chi connectivity index (χ2n) is 8.25. The number of methoxy groups -OCH3 is 1. The lowest BCUT2D eigenvalue weighted by Crippen LogP contribution is -2.49. The third kappa shape index (κ3) is 4.68. The number of hydrogen-bond donors (Lipinski definition) is 1. The molecule has 0 unspecified atom stereocenters. The van der Waals surface area contributed by atoms with E-state index < -0.39 is 0 Å². The highest BCUT2D eigenvalue weighted by molar-refractivity contribution is 6.37. The van der Waals surface area contributed by atoms with E-state index >= 15 is 0 Å². The Morgan fingerprint density at radius 1 is 1.03 bits per heavy atom. The molecule has 2 aliphatic rings. The number of benzene rings is 2. The molecule has 1 N–H and O–H groups in total. The van der Waals surface area contributed by atoms with E-state index in [0.29, 0.717) is 39.5 Å². The Balaban J connectivity index is 1.53. The van der Waals surface area contributed by atoms with Crippen molar-refractivity contribution in [3.8, 4) is 5.75 Å². The van der Waals surface area contributed by atoms with Crippen LogP contribution in [0.5, 0.6) is 5.75 Å². The summed E-state index contributed by atoms with van der Waals surface area (Å²) in [5, 5.41) is 3.54. The monoisotopic (exact) mass is 460 g/mol. The van der Waals surface area contributed by atoms with Crippen LogP contribution in [-0.2, 0) is 0 Å². The molecule has 0 aromatic heterocycles. The van der Waals surface area contributed by atoms with Crippen LogP contribution in [0.1, 0.15) is 59.2 Å². The zero-order valence-corrected chi connectivity index (χ0v) is 19.0. The number of anilines is 1. The first kappa shape index (κ1) is 22.0. The van der Waals surface area contributed by atoms with Gasteiger partial charge in [0.2, 0.25) is 0 Å². The fraction of sp³-hybridized carbons (Fsp3) is 0.417. The molecule has 1 saturated heterocycles. The fourth-order valence-electron chi connectivity index (χ4n) is 4.83. The van der Waals surface area contributed by atoms with E-state index in [-0.39, 0.29) is 16.8 Å². The lowest BCUT2D eigenvalue weighted by molar-refractivity contribution is 0.0390. The van der Waals surface area contributed by atoms with Gasteiger partial charge in [0.05, 0.1) is 23.4 Å². The summed E-state index contributed by atoms with van der Waals surface area (Å²) in [4.78, 5) is 28.0. The molecule has 2 amide bonds. The van der Waals surface area contributed by atoms with E-state index in [9.17, 15) is 9.59 Å². The Labute approximate surface area is 192 Å². The number of nitrogens with one attached hydrogen (secondary N) is 1. The van der Waals surface area contributed by atoms with Crippen LogP contribution in [-0.4, -0.2) is 36.4 Å². The summed E-state index contributed by atoms with van der Waals surface area (Å²) >= 11 is 12.1. The van der Waals surface area contributed by atoms with Gasteiger partial charge in [-0.1, -0.05) is 36.0 Å². The highest BCUT2D eigenvalue weighted by atomic mass is 35.5. The van der Waals surface area contributed by atoms with Crippen molar-refractivity contribution in [3.05, 3.63) is 57.6 Å². The number of ether oxygens (including phenoxy) is 1. The molecule has 2 fully saturated rings. The van der Waals surface area contributed by atoms with Gasteiger partial charge in [0.25, 0.3) is 11.8 Å². The number of halogens is 2. The molecule has 7 heteroatoms. The maximum Gasteiger partial charge on any atom is 0.257 e. The third-order valence-corrected chi connectivity index (χ3v) is 6.92. The Hall–Kier alpha value is -2.24. The average Bonchev–Trinajstić information content (AvgIpc) is 2.78. The summed E-state index contributed by atoms with van der Waals surface area (Å²) in [6, 6.07) is 10.2. The van der Waals surface area contributed by atoms with Gasteiger partial charge in [0.15, 0.2) is 0 Å². The first-order valence-corrected chi connectivity index (χ1v) is 11.5. The molecule has 2 aromatic rings. The van der Waals surface area contributed by atoms with Crippen LogP contribution in [0.4, 0.5) is 5.69 Å². The normalized spacial score (nSPS) is 20.7. The predicted molar refractivity (Wildman–Crippen MR) is 123 cm³/mol. The van der Waals surface area contributed by atoms with Crippen molar-refractivity contribution in [3.63, 3.8) is 0 Å². The van der Waals surface area contributed by atoms with E-state index in [1.807, 2.05) is 4.90 Å². The zero-order chi connectivity index (χ0) is 22.0. The quantitative estimate of drug-likeness (QED) is 0.603. The SMILES string of the molecule is COc1cc(C(=O)N2CCC[C@H]3CCCC[C@@H]32)ccc1NC(=O)c1ccc(Cl)cc1Cl. The van der Waals surface area contributed by atoms with Crippen LogP contribution in [0.25, 0.3) is 0 Å². The van der Waals surface area contributed by atoms with Gasteiger partial charge in [-0.15, -0.1) is 0 Å². The molecule has 0 bridgehead atoms. The third-order valence-electron chi connectivity index (χ3n) is 6.38. The fourth-order valence-corrected chi connectivity index (χ4v) is 5.33. The average molecular weight is 461 g/mol. The Morgan fingerprint density at radius 3 is 2.58 bits per heavy atom. The summed E-state index contributed by atoms with van der Waals surface area (Å²) in [5.41, 5.74) is 1.36. The minimum atomic E-state index is -0.375. The van der Waals surface area contributed by atoms with Gasteiger partial charge in [-0.05, 0) is 68.0 Å². The smallest absolute Gasteiger partial charge is 0.257 e. The molecule has 164 valence electrons. The van der Waals surface area contributed by atoms with Crippen LogP contribution in [0.2, 0.25) is 10.0 Å². The molecular formula is C24H26Cl2N2O3. The van der Waals surface area contributed by atoms with Crippen molar-refractivity contribution in [2.45, 2.75) is 44.6 Å². The predicted octanol–water partition coefficient (Wildman–Crippen LogP) is 6.05. The maximum absolute atomic E-state index is 13.3. The summed E-state index contributed by atoms with van der Waals surface area (Å²) in [6.45, 7) is 0.801. The van der Waals surface area contributed by atoms with E-state index in [1.165, 1.54) is 38.9 Å². The maximum atomic E-state index is 13.3. The summed E-state index contributed by atoms with van der Waals surface area (Å²) < 4.78 is 5.48. The lowest BCUT2D eigenvalue weighted by atomic mass is 9.78. The lowest BCUT2D eigenvalue weighted by Gasteiger charge is -2.44. The van der Waals surface area contributed by atoms with E-state index in [0.717, 1.165) is 19.4 Å². The van der Waals surface area contributed by atoms with Crippen LogP contribution in [0, 0.1) is 5.92 Å². The molecule has 5 nitrogen and oxygen atoms in total. The van der Waals surface area contributed by atoms with Gasteiger partial charge in [-0.3, -0.25) is 9.59 Å². The highest BCUT2D eigenvalue weighted by Crippen LogP contribution is 2.36. The molecule has 1 heterocycles. The number of hydrogen-bond acceptors (Lipinski definition) is 3. The largest absolute Gasteiger partial charge is 0.495 e. The first-order chi connectivity index (χ1) is 15.0. The first-order valence-electron chi connectivity index (χ1n) is 10.7. The van der Waals surface area contributed by atoms with Crippen LogP contribution in [0.15, 0.2) is 36.4 Å². The number of carbonyl (C=O) groups is 2. The van der Waals surface area contributed by atoms with E-state index in [1.54, 1.807) is 30.3 Å². The van der Waals surface area contributed by atoms with Crippen molar-refractivity contribution in [1.29, 1.82) is 0 Å². The minimum absolute atomic E-state index is 0.0357. The standard InChI is InChI=1S/C24H26Cl2N2O3/c1-31-22-13-16(24(30)28-12-4-6-15-5-2-3-7-21(15)28)8-11-20(22)27-23(29)18-10-9-17(25)14-19(18)26/h8-11,13-15,21H,2-7,12H2,1H3,(H,27,29)/t15-,21+/m1/s1. The van der Waals surface area contributed by atoms with Gasteiger partial charge in [-0.25, -0.2) is 0 Å². The molecule has 1 aliphatic heterocycles. The molecule has 31 heavy (non-hydrogen) atoms. The molecule has 2 atom stereocenters. The van der Waals surface area contributed by atoms with Crippen LogP contribution >= 0.6 is 23.2 Å². The van der Waals surface area contributed by atoms with Crippen molar-refractivity contribution < 1.29 is 14.3 Å².